The minimum Gasteiger partial charge on any atom is -0.495 e. The van der Waals surface area contributed by atoms with E-state index in [0.717, 1.165) is 23.4 Å². The Kier molecular flexibility index (Phi) is 7.54. The van der Waals surface area contributed by atoms with E-state index >= 15 is 0 Å². The molecule has 0 amide bonds. The molecule has 0 heterocycles. The van der Waals surface area contributed by atoms with Gasteiger partial charge in [0.1, 0.15) is 5.75 Å². The number of anilines is 1. The van der Waals surface area contributed by atoms with Crippen molar-refractivity contribution in [2.75, 3.05) is 25.6 Å². The third kappa shape index (κ3) is 6.82. The summed E-state index contributed by atoms with van der Waals surface area (Å²) in [6, 6.07) is 5.93. The molecule has 0 fully saturated rings. The van der Waals surface area contributed by atoms with Gasteiger partial charge in [0.15, 0.2) is 0 Å². The average Bonchev–Trinajstić information content (AvgIpc) is 2.42. The Labute approximate surface area is 128 Å². The van der Waals surface area contributed by atoms with Gasteiger partial charge < -0.3 is 19.9 Å². The lowest BCUT2D eigenvalue weighted by Crippen LogP contribution is -2.27. The maximum absolute atomic E-state index is 10.00. The molecule has 0 aliphatic rings. The highest BCUT2D eigenvalue weighted by Gasteiger charge is 2.11. The average molecular weight is 295 g/mol. The van der Waals surface area contributed by atoms with Crippen LogP contribution >= 0.6 is 0 Å². The van der Waals surface area contributed by atoms with Gasteiger partial charge in [-0.3, -0.25) is 0 Å². The summed E-state index contributed by atoms with van der Waals surface area (Å²) >= 11 is 0. The van der Waals surface area contributed by atoms with Gasteiger partial charge in [-0.1, -0.05) is 19.9 Å². The number of ether oxygens (including phenoxy) is 2. The molecule has 0 bridgehead atoms. The van der Waals surface area contributed by atoms with Crippen LogP contribution in [0.3, 0.4) is 0 Å². The molecule has 1 aromatic rings. The predicted octanol–water partition coefficient (Wildman–Crippen LogP) is 3.23. The third-order valence-corrected chi connectivity index (χ3v) is 3.26. The summed E-state index contributed by atoms with van der Waals surface area (Å²) in [6.45, 7) is 9.19. The van der Waals surface area contributed by atoms with Gasteiger partial charge >= 0.3 is 0 Å². The van der Waals surface area contributed by atoms with E-state index in [9.17, 15) is 5.11 Å². The first-order valence-electron chi connectivity index (χ1n) is 7.60. The molecule has 120 valence electrons. The van der Waals surface area contributed by atoms with Gasteiger partial charge in [0.05, 0.1) is 31.6 Å². The van der Waals surface area contributed by atoms with Crippen molar-refractivity contribution in [3.63, 3.8) is 0 Å². The highest BCUT2D eigenvalue weighted by Crippen LogP contribution is 2.25. The lowest BCUT2D eigenvalue weighted by Gasteiger charge is -2.19. The molecule has 21 heavy (non-hydrogen) atoms. The Hall–Kier alpha value is -1.26. The van der Waals surface area contributed by atoms with Crippen molar-refractivity contribution in [3.8, 4) is 5.75 Å². The van der Waals surface area contributed by atoms with Crippen molar-refractivity contribution >= 4 is 5.69 Å². The normalized spacial score (nSPS) is 14.0. The highest BCUT2D eigenvalue weighted by atomic mass is 16.5. The summed E-state index contributed by atoms with van der Waals surface area (Å²) in [5.74, 6) is 1.38. The van der Waals surface area contributed by atoms with Crippen LogP contribution in [0.25, 0.3) is 0 Å². The van der Waals surface area contributed by atoms with Crippen LogP contribution in [0.15, 0.2) is 18.2 Å². The summed E-state index contributed by atoms with van der Waals surface area (Å²) in [4.78, 5) is 0. The maximum Gasteiger partial charge on any atom is 0.141 e. The minimum absolute atomic E-state index is 0.174. The zero-order chi connectivity index (χ0) is 15.8. The van der Waals surface area contributed by atoms with E-state index in [-0.39, 0.29) is 6.10 Å². The van der Waals surface area contributed by atoms with Crippen LogP contribution in [0.5, 0.6) is 5.75 Å². The van der Waals surface area contributed by atoms with Crippen LogP contribution in [0.1, 0.15) is 32.8 Å². The predicted molar refractivity (Wildman–Crippen MR) is 87.1 cm³/mol. The molecular formula is C17H29NO3. The SMILES string of the molecule is COc1ccc(C)cc1NCC(O)COC(C)CC(C)C. The molecule has 0 aromatic heterocycles. The molecule has 0 saturated carbocycles. The van der Waals surface area contributed by atoms with Crippen LogP contribution < -0.4 is 10.1 Å². The summed E-state index contributed by atoms with van der Waals surface area (Å²) in [6.07, 6.45) is 0.643. The van der Waals surface area contributed by atoms with Crippen LogP contribution in [0.2, 0.25) is 0 Å². The smallest absolute Gasteiger partial charge is 0.141 e. The fraction of sp³-hybridized carbons (Fsp3) is 0.647. The van der Waals surface area contributed by atoms with Gasteiger partial charge in [0, 0.05) is 6.54 Å². The lowest BCUT2D eigenvalue weighted by atomic mass is 10.1. The Bertz CT molecular complexity index is 420. The number of aryl methyl sites for hydroxylation is 1. The van der Waals surface area contributed by atoms with Gasteiger partial charge in [-0.25, -0.2) is 0 Å². The maximum atomic E-state index is 10.00. The fourth-order valence-corrected chi connectivity index (χ4v) is 2.25. The van der Waals surface area contributed by atoms with E-state index in [1.165, 1.54) is 0 Å². The Morgan fingerprint density at radius 3 is 2.57 bits per heavy atom. The molecule has 0 radical (unpaired) electrons. The van der Waals surface area contributed by atoms with Gasteiger partial charge in [-0.05, 0) is 43.9 Å². The van der Waals surface area contributed by atoms with Crippen molar-refractivity contribution in [2.45, 2.75) is 46.3 Å². The molecule has 2 unspecified atom stereocenters. The van der Waals surface area contributed by atoms with Crippen molar-refractivity contribution < 1.29 is 14.6 Å². The quantitative estimate of drug-likeness (QED) is 0.734. The minimum atomic E-state index is -0.537. The largest absolute Gasteiger partial charge is 0.495 e. The van der Waals surface area contributed by atoms with Crippen LogP contribution in [0, 0.1) is 12.8 Å². The summed E-state index contributed by atoms with van der Waals surface area (Å²) in [5.41, 5.74) is 2.04. The zero-order valence-corrected chi connectivity index (χ0v) is 13.8. The zero-order valence-electron chi connectivity index (χ0n) is 13.8. The molecule has 0 aliphatic carbocycles. The Morgan fingerprint density at radius 2 is 1.95 bits per heavy atom. The Balaban J connectivity index is 2.39. The van der Waals surface area contributed by atoms with E-state index in [1.54, 1.807) is 7.11 Å². The van der Waals surface area contributed by atoms with E-state index in [1.807, 2.05) is 32.0 Å². The summed E-state index contributed by atoms with van der Waals surface area (Å²) in [7, 11) is 1.64. The topological polar surface area (TPSA) is 50.7 Å². The summed E-state index contributed by atoms with van der Waals surface area (Å²) < 4.78 is 11.0. The number of rotatable bonds is 9. The molecule has 2 atom stereocenters. The number of nitrogens with one attached hydrogen (secondary N) is 1. The molecule has 0 spiro atoms. The monoisotopic (exact) mass is 295 g/mol. The molecular weight excluding hydrogens is 266 g/mol. The molecule has 0 saturated heterocycles. The van der Waals surface area contributed by atoms with E-state index in [0.29, 0.717) is 19.1 Å². The van der Waals surface area contributed by atoms with Gasteiger partial charge in [0.25, 0.3) is 0 Å². The number of hydrogen-bond donors (Lipinski definition) is 2. The molecule has 2 N–H and O–H groups in total. The molecule has 1 aromatic carbocycles. The van der Waals surface area contributed by atoms with Gasteiger partial charge in [-0.2, -0.15) is 0 Å². The second-order valence-corrected chi connectivity index (χ2v) is 6.01. The fourth-order valence-electron chi connectivity index (χ4n) is 2.25. The first-order valence-corrected chi connectivity index (χ1v) is 7.60. The van der Waals surface area contributed by atoms with E-state index in [4.69, 9.17) is 9.47 Å². The van der Waals surface area contributed by atoms with Crippen LogP contribution in [-0.4, -0.2) is 37.6 Å². The summed E-state index contributed by atoms with van der Waals surface area (Å²) in [5, 5.41) is 13.2. The molecule has 4 nitrogen and oxygen atoms in total. The molecule has 0 aliphatic heterocycles. The first kappa shape index (κ1) is 17.8. The van der Waals surface area contributed by atoms with Crippen molar-refractivity contribution in [1.29, 1.82) is 0 Å². The second-order valence-electron chi connectivity index (χ2n) is 6.01. The highest BCUT2D eigenvalue weighted by molar-refractivity contribution is 5.58. The number of methoxy groups -OCH3 is 1. The number of aliphatic hydroxyl groups excluding tert-OH is 1. The Morgan fingerprint density at radius 1 is 1.24 bits per heavy atom. The molecule has 1 rings (SSSR count). The lowest BCUT2D eigenvalue weighted by molar-refractivity contribution is -0.00444. The van der Waals surface area contributed by atoms with Crippen molar-refractivity contribution in [2.24, 2.45) is 5.92 Å². The molecule has 4 heteroatoms. The van der Waals surface area contributed by atoms with Crippen molar-refractivity contribution in [1.82, 2.24) is 0 Å². The van der Waals surface area contributed by atoms with E-state index in [2.05, 4.69) is 19.2 Å². The number of benzene rings is 1. The second kappa shape index (κ2) is 8.90. The number of aliphatic hydroxyl groups is 1. The van der Waals surface area contributed by atoms with Crippen LogP contribution in [-0.2, 0) is 4.74 Å². The van der Waals surface area contributed by atoms with Crippen LogP contribution in [0.4, 0.5) is 5.69 Å². The van der Waals surface area contributed by atoms with Crippen molar-refractivity contribution in [3.05, 3.63) is 23.8 Å². The van der Waals surface area contributed by atoms with E-state index < -0.39 is 6.10 Å². The standard InChI is InChI=1S/C17H29NO3/c1-12(2)8-14(4)21-11-15(19)10-18-16-9-13(3)6-7-17(16)20-5/h6-7,9,12,14-15,18-19H,8,10-11H2,1-5H3. The third-order valence-electron chi connectivity index (χ3n) is 3.26. The number of hydrogen-bond acceptors (Lipinski definition) is 4. The van der Waals surface area contributed by atoms with Gasteiger partial charge in [-0.15, -0.1) is 0 Å². The first-order chi connectivity index (χ1) is 9.92. The van der Waals surface area contributed by atoms with Gasteiger partial charge in [0.2, 0.25) is 0 Å².